The van der Waals surface area contributed by atoms with Gasteiger partial charge in [-0.1, -0.05) is 24.4 Å². The molecular weight excluding hydrogens is 296 g/mol. The highest BCUT2D eigenvalue weighted by atomic mass is 35.5. The first kappa shape index (κ1) is 14.2. The topological polar surface area (TPSA) is 63.4 Å². The summed E-state index contributed by atoms with van der Waals surface area (Å²) in [5.74, 6) is 0.531. The molecule has 0 amide bonds. The Labute approximate surface area is 125 Å². The molecular formula is C14H19ClN2O2S. The molecule has 2 atom stereocenters. The highest BCUT2D eigenvalue weighted by Crippen LogP contribution is 2.39. The summed E-state index contributed by atoms with van der Waals surface area (Å²) in [5.41, 5.74) is 6.05. The molecule has 0 spiro atoms. The van der Waals surface area contributed by atoms with E-state index in [4.69, 9.17) is 17.3 Å². The summed E-state index contributed by atoms with van der Waals surface area (Å²) in [6, 6.07) is 4.74. The van der Waals surface area contributed by atoms with Crippen LogP contribution in [0.5, 0.6) is 0 Å². The summed E-state index contributed by atoms with van der Waals surface area (Å²) in [6.45, 7) is 0.625. The lowest BCUT2D eigenvalue weighted by molar-refractivity contribution is 0.260. The van der Waals surface area contributed by atoms with Crippen molar-refractivity contribution in [2.24, 2.45) is 5.92 Å². The Kier molecular flexibility index (Phi) is 3.69. The SMILES string of the molecule is Nc1cc(S(=O)(=O)N2CCC3CCCCC32)ccc1Cl. The van der Waals surface area contributed by atoms with Crippen LogP contribution >= 0.6 is 11.6 Å². The Balaban J connectivity index is 1.93. The molecule has 6 heteroatoms. The number of hydrogen-bond acceptors (Lipinski definition) is 3. The van der Waals surface area contributed by atoms with Crippen LogP contribution in [0.1, 0.15) is 32.1 Å². The van der Waals surface area contributed by atoms with E-state index in [1.165, 1.54) is 12.5 Å². The highest BCUT2D eigenvalue weighted by Gasteiger charge is 2.42. The Morgan fingerprint density at radius 2 is 1.95 bits per heavy atom. The summed E-state index contributed by atoms with van der Waals surface area (Å²) in [6.07, 6.45) is 5.46. The van der Waals surface area contributed by atoms with Gasteiger partial charge in [0, 0.05) is 12.6 Å². The largest absolute Gasteiger partial charge is 0.397 e. The molecule has 0 aromatic heterocycles. The third-order valence-electron chi connectivity index (χ3n) is 4.53. The number of benzene rings is 1. The van der Waals surface area contributed by atoms with Crippen LogP contribution in [0.25, 0.3) is 0 Å². The second-order valence-electron chi connectivity index (χ2n) is 5.70. The maximum Gasteiger partial charge on any atom is 0.243 e. The van der Waals surface area contributed by atoms with Crippen molar-refractivity contribution in [1.29, 1.82) is 0 Å². The van der Waals surface area contributed by atoms with Gasteiger partial charge in [-0.2, -0.15) is 4.31 Å². The predicted octanol–water partition coefficient (Wildman–Crippen LogP) is 2.88. The normalized spacial score (nSPS) is 27.4. The monoisotopic (exact) mass is 314 g/mol. The molecule has 1 aliphatic heterocycles. The van der Waals surface area contributed by atoms with E-state index < -0.39 is 10.0 Å². The van der Waals surface area contributed by atoms with Crippen LogP contribution in [0.15, 0.2) is 23.1 Å². The van der Waals surface area contributed by atoms with Gasteiger partial charge < -0.3 is 5.73 Å². The van der Waals surface area contributed by atoms with Crippen molar-refractivity contribution in [2.45, 2.75) is 43.0 Å². The maximum atomic E-state index is 12.8. The van der Waals surface area contributed by atoms with Crippen molar-refractivity contribution in [3.05, 3.63) is 23.2 Å². The molecule has 3 rings (SSSR count). The summed E-state index contributed by atoms with van der Waals surface area (Å²) in [7, 11) is -3.45. The molecule has 110 valence electrons. The summed E-state index contributed by atoms with van der Waals surface area (Å²) >= 11 is 5.87. The Bertz CT molecular complexity index is 618. The first-order valence-corrected chi connectivity index (χ1v) is 8.89. The van der Waals surface area contributed by atoms with Crippen LogP contribution in [0.2, 0.25) is 5.02 Å². The number of sulfonamides is 1. The van der Waals surface area contributed by atoms with Gasteiger partial charge in [0.25, 0.3) is 0 Å². The molecule has 4 nitrogen and oxygen atoms in total. The zero-order valence-electron chi connectivity index (χ0n) is 11.3. The molecule has 2 unspecified atom stereocenters. The average molecular weight is 315 g/mol. The Morgan fingerprint density at radius 1 is 1.20 bits per heavy atom. The van der Waals surface area contributed by atoms with Crippen molar-refractivity contribution < 1.29 is 8.42 Å². The number of nitrogen functional groups attached to an aromatic ring is 1. The van der Waals surface area contributed by atoms with Crippen LogP contribution in [-0.4, -0.2) is 25.3 Å². The lowest BCUT2D eigenvalue weighted by atomic mass is 9.86. The van der Waals surface area contributed by atoms with Gasteiger partial charge in [0.15, 0.2) is 0 Å². The van der Waals surface area contributed by atoms with E-state index in [-0.39, 0.29) is 10.9 Å². The van der Waals surface area contributed by atoms with Crippen molar-refractivity contribution in [3.8, 4) is 0 Å². The van der Waals surface area contributed by atoms with Crippen LogP contribution in [0, 0.1) is 5.92 Å². The predicted molar refractivity (Wildman–Crippen MR) is 80.1 cm³/mol. The number of nitrogens with zero attached hydrogens (tertiary/aromatic N) is 1. The second kappa shape index (κ2) is 5.20. The zero-order chi connectivity index (χ0) is 14.3. The highest BCUT2D eigenvalue weighted by molar-refractivity contribution is 7.89. The zero-order valence-corrected chi connectivity index (χ0v) is 12.8. The molecule has 1 aromatic carbocycles. The van der Waals surface area contributed by atoms with E-state index in [0.717, 1.165) is 25.7 Å². The summed E-state index contributed by atoms with van der Waals surface area (Å²) in [4.78, 5) is 0.255. The van der Waals surface area contributed by atoms with Gasteiger partial charge in [-0.25, -0.2) is 8.42 Å². The van der Waals surface area contributed by atoms with E-state index in [2.05, 4.69) is 0 Å². The fourth-order valence-corrected chi connectivity index (χ4v) is 5.36. The van der Waals surface area contributed by atoms with Gasteiger partial charge in [-0.15, -0.1) is 0 Å². The molecule has 1 saturated heterocycles. The minimum absolute atomic E-state index is 0.172. The smallest absolute Gasteiger partial charge is 0.243 e. The van der Waals surface area contributed by atoms with E-state index in [1.54, 1.807) is 16.4 Å². The van der Waals surface area contributed by atoms with Crippen molar-refractivity contribution in [1.82, 2.24) is 4.31 Å². The average Bonchev–Trinajstić information content (AvgIpc) is 2.86. The first-order valence-electron chi connectivity index (χ1n) is 7.07. The number of hydrogen-bond donors (Lipinski definition) is 1. The molecule has 1 saturated carbocycles. The van der Waals surface area contributed by atoms with Gasteiger partial charge in [0.05, 0.1) is 15.6 Å². The number of fused-ring (bicyclic) bond motifs is 1. The number of halogens is 1. The molecule has 0 radical (unpaired) electrons. The van der Waals surface area contributed by atoms with Crippen LogP contribution in [0.3, 0.4) is 0 Å². The number of rotatable bonds is 2. The molecule has 1 aromatic rings. The van der Waals surface area contributed by atoms with E-state index in [1.807, 2.05) is 0 Å². The quantitative estimate of drug-likeness (QED) is 0.854. The number of nitrogens with two attached hydrogens (primary N) is 1. The summed E-state index contributed by atoms with van der Waals surface area (Å²) in [5, 5.41) is 0.390. The molecule has 2 N–H and O–H groups in total. The van der Waals surface area contributed by atoms with Gasteiger partial charge in [-0.05, 0) is 43.4 Å². The van der Waals surface area contributed by atoms with Crippen molar-refractivity contribution in [3.63, 3.8) is 0 Å². The standard InChI is InChI=1S/C14H19ClN2O2S/c15-12-6-5-11(9-13(12)16)20(18,19)17-8-7-10-3-1-2-4-14(10)17/h5-6,9-10,14H,1-4,7-8,16H2. The third-order valence-corrected chi connectivity index (χ3v) is 6.80. The van der Waals surface area contributed by atoms with E-state index >= 15 is 0 Å². The Hall–Kier alpha value is -0.780. The van der Waals surface area contributed by atoms with Gasteiger partial charge in [0.1, 0.15) is 0 Å². The van der Waals surface area contributed by atoms with Crippen LogP contribution < -0.4 is 5.73 Å². The van der Waals surface area contributed by atoms with Crippen molar-refractivity contribution >= 4 is 27.3 Å². The summed E-state index contributed by atoms with van der Waals surface area (Å²) < 4.78 is 27.2. The molecule has 0 bridgehead atoms. The number of anilines is 1. The molecule has 1 heterocycles. The molecule has 2 fully saturated rings. The first-order chi connectivity index (χ1) is 9.50. The fourth-order valence-electron chi connectivity index (χ4n) is 3.48. The van der Waals surface area contributed by atoms with Gasteiger partial charge in [0.2, 0.25) is 10.0 Å². The minimum atomic E-state index is -3.45. The van der Waals surface area contributed by atoms with Gasteiger partial charge >= 0.3 is 0 Å². The second-order valence-corrected chi connectivity index (χ2v) is 8.00. The van der Waals surface area contributed by atoms with E-state index in [9.17, 15) is 8.42 Å². The third kappa shape index (κ3) is 2.32. The van der Waals surface area contributed by atoms with Crippen LogP contribution in [-0.2, 0) is 10.0 Å². The van der Waals surface area contributed by atoms with Gasteiger partial charge in [-0.3, -0.25) is 0 Å². The lowest BCUT2D eigenvalue weighted by Gasteiger charge is -2.31. The lowest BCUT2D eigenvalue weighted by Crippen LogP contribution is -2.39. The van der Waals surface area contributed by atoms with E-state index in [0.29, 0.717) is 23.2 Å². The molecule has 1 aliphatic carbocycles. The Morgan fingerprint density at radius 3 is 2.70 bits per heavy atom. The fraction of sp³-hybridized carbons (Fsp3) is 0.571. The molecule has 2 aliphatic rings. The molecule has 20 heavy (non-hydrogen) atoms. The maximum absolute atomic E-state index is 12.8. The minimum Gasteiger partial charge on any atom is -0.397 e. The van der Waals surface area contributed by atoms with Crippen molar-refractivity contribution in [2.75, 3.05) is 12.3 Å². The van der Waals surface area contributed by atoms with Crippen LogP contribution in [0.4, 0.5) is 5.69 Å².